The van der Waals surface area contributed by atoms with Gasteiger partial charge < -0.3 is 5.32 Å². The van der Waals surface area contributed by atoms with Crippen molar-refractivity contribution in [1.29, 1.82) is 0 Å². The Balaban J connectivity index is 5.12. The lowest BCUT2D eigenvalue weighted by Gasteiger charge is -2.45. The van der Waals surface area contributed by atoms with Crippen LogP contribution in [0.3, 0.4) is 0 Å². The van der Waals surface area contributed by atoms with E-state index in [-0.39, 0.29) is 17.7 Å². The van der Waals surface area contributed by atoms with Gasteiger partial charge in [-0.25, -0.2) is 6.27 Å². The van der Waals surface area contributed by atoms with Crippen LogP contribution in [-0.2, 0) is 0 Å². The standard InChI is InChI=1S/C19H45B2I2N5/c1-6-8-10-12-14-16-18(3,17-15-13-11-9-7-2)26-19(4,20-27(22)24)21(5)28(23)25/h20,26H,6-17,24-25H2,1-5H3. The van der Waals surface area contributed by atoms with E-state index in [9.17, 15) is 0 Å². The summed E-state index contributed by atoms with van der Waals surface area (Å²) in [5.41, 5.74) is 0.112. The number of nitrogens with zero attached hydrogens (tertiary/aromatic N) is 2. The predicted octanol–water partition coefficient (Wildman–Crippen LogP) is 5.34. The highest BCUT2D eigenvalue weighted by Crippen LogP contribution is 2.27. The molecular formula is C19H45B2I2N5. The van der Waals surface area contributed by atoms with E-state index in [2.05, 4.69) is 85.6 Å². The number of rotatable bonds is 18. The van der Waals surface area contributed by atoms with Gasteiger partial charge in [0.2, 0.25) is 0 Å². The molecule has 0 aromatic rings. The van der Waals surface area contributed by atoms with Crippen LogP contribution in [0, 0.1) is 0 Å². The van der Waals surface area contributed by atoms with Crippen LogP contribution in [-0.4, -0.2) is 31.4 Å². The molecule has 0 rings (SSSR count). The minimum absolute atomic E-state index is 0.112. The first-order valence-electron chi connectivity index (χ1n) is 11.3. The Morgan fingerprint density at radius 2 is 1.29 bits per heavy atom. The lowest BCUT2D eigenvalue weighted by Crippen LogP contribution is -2.71. The smallest absolute Gasteiger partial charge is 0.265 e. The van der Waals surface area contributed by atoms with Gasteiger partial charge in [-0.05, 0) is 19.8 Å². The SMILES string of the molecule is CCCCCCCC(C)(CCCCCCC)NC(C)(BN(N)I)B(C)N(N)I. The molecule has 0 saturated heterocycles. The molecule has 0 radical (unpaired) electrons. The van der Waals surface area contributed by atoms with Crippen LogP contribution in [0.25, 0.3) is 0 Å². The second kappa shape index (κ2) is 16.1. The normalized spacial score (nSPS) is 14.5. The van der Waals surface area contributed by atoms with Crippen molar-refractivity contribution in [2.45, 2.75) is 122 Å². The van der Waals surface area contributed by atoms with E-state index < -0.39 is 0 Å². The van der Waals surface area contributed by atoms with E-state index in [0.29, 0.717) is 0 Å². The Morgan fingerprint density at radius 1 is 0.857 bits per heavy atom. The zero-order valence-corrected chi connectivity index (χ0v) is 23.4. The first-order chi connectivity index (χ1) is 13.1. The summed E-state index contributed by atoms with van der Waals surface area (Å²) in [4.78, 5) is 0. The third-order valence-corrected chi connectivity index (χ3v) is 7.20. The summed E-state index contributed by atoms with van der Waals surface area (Å²) in [7, 11) is 0.743. The zero-order valence-electron chi connectivity index (χ0n) is 19.1. The Hall–Kier alpha value is 1.39. The summed E-state index contributed by atoms with van der Waals surface area (Å²) in [6.45, 7) is 11.6. The van der Waals surface area contributed by atoms with Gasteiger partial charge in [0.1, 0.15) is 0 Å². The summed E-state index contributed by atoms with van der Waals surface area (Å²) in [5.74, 6) is 12.2. The Bertz CT molecular complexity index is 377. The van der Waals surface area contributed by atoms with Crippen molar-refractivity contribution in [3.63, 3.8) is 0 Å². The molecule has 1 atom stereocenters. The highest BCUT2D eigenvalue weighted by Gasteiger charge is 2.43. The summed E-state index contributed by atoms with van der Waals surface area (Å²) in [6.07, 6.45) is 15.7. The Morgan fingerprint density at radius 3 is 1.64 bits per heavy atom. The first kappa shape index (κ1) is 29.4. The van der Waals surface area contributed by atoms with Crippen molar-refractivity contribution in [3.8, 4) is 0 Å². The zero-order chi connectivity index (χ0) is 21.6. The van der Waals surface area contributed by atoms with E-state index in [1.165, 1.54) is 77.0 Å². The lowest BCUT2D eigenvalue weighted by molar-refractivity contribution is 0.265. The van der Waals surface area contributed by atoms with Crippen LogP contribution < -0.4 is 17.0 Å². The number of unbranched alkanes of at least 4 members (excludes halogenated alkanes) is 8. The van der Waals surface area contributed by atoms with Crippen molar-refractivity contribution in [2.24, 2.45) is 11.7 Å². The molecule has 0 saturated carbocycles. The van der Waals surface area contributed by atoms with Gasteiger partial charge >= 0.3 is 0 Å². The molecule has 0 amide bonds. The molecule has 9 heteroatoms. The average molecular weight is 619 g/mol. The van der Waals surface area contributed by atoms with Crippen molar-refractivity contribution in [1.82, 2.24) is 11.6 Å². The lowest BCUT2D eigenvalue weighted by atomic mass is 9.37. The summed E-state index contributed by atoms with van der Waals surface area (Å²) in [5, 5.41) is 3.86. The minimum atomic E-state index is -0.187. The highest BCUT2D eigenvalue weighted by atomic mass is 127. The molecule has 0 fully saturated rings. The van der Waals surface area contributed by atoms with Gasteiger partial charge in [-0.1, -0.05) is 91.8 Å². The Labute approximate surface area is 204 Å². The molecule has 0 aliphatic heterocycles. The van der Waals surface area contributed by atoms with Gasteiger partial charge in [-0.2, -0.15) is 0 Å². The number of hydrogen-bond donors (Lipinski definition) is 3. The predicted molar refractivity (Wildman–Crippen MR) is 146 cm³/mol. The number of hydrogen-bond acceptors (Lipinski definition) is 5. The molecule has 166 valence electrons. The molecule has 0 spiro atoms. The number of halogens is 2. The molecule has 0 bridgehead atoms. The highest BCUT2D eigenvalue weighted by molar-refractivity contribution is 14.1. The van der Waals surface area contributed by atoms with E-state index in [1.807, 2.05) is 0 Å². The minimum Gasteiger partial charge on any atom is -0.317 e. The Kier molecular flexibility index (Phi) is 16.9. The van der Waals surface area contributed by atoms with Crippen LogP contribution in [0.1, 0.15) is 105 Å². The number of nitrogens with two attached hydrogens (primary N) is 2. The monoisotopic (exact) mass is 619 g/mol. The van der Waals surface area contributed by atoms with Gasteiger partial charge in [-0.15, -0.1) is 0 Å². The number of nitrogens with one attached hydrogen (secondary N) is 1. The third kappa shape index (κ3) is 12.9. The van der Waals surface area contributed by atoms with Crippen molar-refractivity contribution in [2.75, 3.05) is 0 Å². The van der Waals surface area contributed by atoms with Crippen LogP contribution in [0.15, 0.2) is 0 Å². The molecule has 1 unspecified atom stereocenters. The van der Waals surface area contributed by atoms with Gasteiger partial charge in [0.25, 0.3) is 14.3 Å². The maximum Gasteiger partial charge on any atom is 0.265 e. The molecule has 5 nitrogen and oxygen atoms in total. The number of hydrazine groups is 2. The fourth-order valence-corrected chi connectivity index (χ4v) is 5.36. The first-order valence-corrected chi connectivity index (χ1v) is 13.2. The van der Waals surface area contributed by atoms with E-state index in [1.54, 1.807) is 6.27 Å². The van der Waals surface area contributed by atoms with Crippen LogP contribution in [0.2, 0.25) is 6.82 Å². The molecular weight excluding hydrogens is 574 g/mol. The van der Waals surface area contributed by atoms with E-state index in [0.717, 1.165) is 7.41 Å². The molecule has 5 N–H and O–H groups in total. The van der Waals surface area contributed by atoms with E-state index in [4.69, 9.17) is 11.7 Å². The van der Waals surface area contributed by atoms with Gasteiger partial charge in [0.15, 0.2) is 0 Å². The fourth-order valence-electron chi connectivity index (χ4n) is 4.04. The molecule has 0 aromatic carbocycles. The van der Waals surface area contributed by atoms with Crippen molar-refractivity contribution < 1.29 is 0 Å². The van der Waals surface area contributed by atoms with Gasteiger partial charge in [-0.3, -0.25) is 11.7 Å². The molecule has 0 heterocycles. The van der Waals surface area contributed by atoms with Crippen molar-refractivity contribution >= 4 is 60.0 Å². The second-order valence-corrected chi connectivity index (χ2v) is 11.4. The maximum atomic E-state index is 6.14. The quantitative estimate of drug-likeness (QED) is 0.0484. The average Bonchev–Trinajstić information content (AvgIpc) is 2.59. The van der Waals surface area contributed by atoms with E-state index >= 15 is 0 Å². The molecule has 0 aliphatic carbocycles. The molecule has 0 aliphatic rings. The third-order valence-electron chi connectivity index (χ3n) is 6.02. The van der Waals surface area contributed by atoms with Crippen LogP contribution in [0.5, 0.6) is 0 Å². The summed E-state index contributed by atoms with van der Waals surface area (Å²) < 4.78 is 3.54. The fraction of sp³-hybridized carbons (Fsp3) is 1.00. The summed E-state index contributed by atoms with van der Waals surface area (Å²) in [6, 6.07) is 0. The topological polar surface area (TPSA) is 70.5 Å². The molecule has 28 heavy (non-hydrogen) atoms. The summed E-state index contributed by atoms with van der Waals surface area (Å²) >= 11 is 4.36. The second-order valence-electron chi connectivity index (χ2n) is 9.01. The maximum absolute atomic E-state index is 6.14. The van der Waals surface area contributed by atoms with Crippen molar-refractivity contribution in [3.05, 3.63) is 0 Å². The van der Waals surface area contributed by atoms with Crippen LogP contribution >= 0.6 is 45.7 Å². The van der Waals surface area contributed by atoms with Gasteiger partial charge in [0.05, 0.1) is 0 Å². The van der Waals surface area contributed by atoms with Gasteiger partial charge in [0, 0.05) is 56.6 Å². The van der Waals surface area contributed by atoms with Crippen LogP contribution in [0.4, 0.5) is 0 Å². The largest absolute Gasteiger partial charge is 0.317 e. The molecule has 0 aromatic heterocycles.